The van der Waals surface area contributed by atoms with Crippen molar-refractivity contribution in [1.82, 2.24) is 9.80 Å². The van der Waals surface area contributed by atoms with Crippen LogP contribution in [0.4, 0.5) is 0 Å². The highest BCUT2D eigenvalue weighted by atomic mass is 79.9. The van der Waals surface area contributed by atoms with E-state index in [1.54, 1.807) is 0 Å². The zero-order chi connectivity index (χ0) is 14.5. The number of hydrogen-bond donors (Lipinski definition) is 1. The molecule has 4 heteroatoms. The van der Waals surface area contributed by atoms with Gasteiger partial charge in [0.25, 0.3) is 0 Å². The summed E-state index contributed by atoms with van der Waals surface area (Å²) in [6, 6.07) is 7.06. The quantitative estimate of drug-likeness (QED) is 0.892. The summed E-state index contributed by atoms with van der Waals surface area (Å²) in [5.41, 5.74) is 2.68. The lowest BCUT2D eigenvalue weighted by Gasteiger charge is -2.37. The molecule has 1 aliphatic rings. The van der Waals surface area contributed by atoms with E-state index in [4.69, 9.17) is 0 Å². The Morgan fingerprint density at radius 3 is 2.65 bits per heavy atom. The Labute approximate surface area is 130 Å². The third kappa shape index (κ3) is 4.29. The first kappa shape index (κ1) is 16.0. The number of piperidine rings is 1. The van der Waals surface area contributed by atoms with E-state index in [2.05, 4.69) is 57.9 Å². The molecule has 0 amide bonds. The highest BCUT2D eigenvalue weighted by Crippen LogP contribution is 2.21. The first-order valence-corrected chi connectivity index (χ1v) is 8.18. The van der Waals surface area contributed by atoms with Gasteiger partial charge in [-0.2, -0.15) is 0 Å². The van der Waals surface area contributed by atoms with E-state index in [0.717, 1.165) is 30.7 Å². The minimum Gasteiger partial charge on any atom is -0.395 e. The summed E-state index contributed by atoms with van der Waals surface area (Å²) in [5, 5.41) is 9.35. The maximum Gasteiger partial charge on any atom is 0.0558 e. The van der Waals surface area contributed by atoms with Crippen LogP contribution in [-0.4, -0.2) is 54.2 Å². The van der Waals surface area contributed by atoms with Crippen LogP contribution in [0.25, 0.3) is 0 Å². The van der Waals surface area contributed by atoms with Crippen LogP contribution in [0.1, 0.15) is 24.0 Å². The summed E-state index contributed by atoms with van der Waals surface area (Å²) in [6.07, 6.45) is 2.40. The molecule has 1 aromatic carbocycles. The molecule has 112 valence electrons. The van der Waals surface area contributed by atoms with Gasteiger partial charge in [0, 0.05) is 23.6 Å². The molecule has 0 bridgehead atoms. The van der Waals surface area contributed by atoms with Crippen LogP contribution in [0, 0.1) is 6.92 Å². The lowest BCUT2D eigenvalue weighted by Crippen LogP contribution is -2.44. The Kier molecular flexibility index (Phi) is 6.02. The SMILES string of the molecule is Cc1cc(Br)ccc1CN(CCO)C1CCN(C)CC1. The second kappa shape index (κ2) is 7.55. The summed E-state index contributed by atoms with van der Waals surface area (Å²) < 4.78 is 1.13. The van der Waals surface area contributed by atoms with Crippen molar-refractivity contribution in [3.05, 3.63) is 33.8 Å². The molecule has 0 aliphatic carbocycles. The van der Waals surface area contributed by atoms with Crippen LogP contribution in [0.15, 0.2) is 22.7 Å². The van der Waals surface area contributed by atoms with Crippen molar-refractivity contribution < 1.29 is 5.11 Å². The van der Waals surface area contributed by atoms with Crippen molar-refractivity contribution in [2.75, 3.05) is 33.3 Å². The van der Waals surface area contributed by atoms with Gasteiger partial charge in [-0.05, 0) is 63.2 Å². The lowest BCUT2D eigenvalue weighted by molar-refractivity contribution is 0.0940. The van der Waals surface area contributed by atoms with E-state index in [-0.39, 0.29) is 6.61 Å². The van der Waals surface area contributed by atoms with E-state index >= 15 is 0 Å². The molecule has 3 nitrogen and oxygen atoms in total. The fourth-order valence-electron chi connectivity index (χ4n) is 2.93. The number of halogens is 1. The van der Waals surface area contributed by atoms with Gasteiger partial charge in [-0.25, -0.2) is 0 Å². The minimum atomic E-state index is 0.238. The molecule has 20 heavy (non-hydrogen) atoms. The molecular weight excluding hydrogens is 316 g/mol. The molecule has 1 saturated heterocycles. The zero-order valence-corrected chi connectivity index (χ0v) is 14.1. The van der Waals surface area contributed by atoms with Gasteiger partial charge in [0.1, 0.15) is 0 Å². The number of nitrogens with zero attached hydrogens (tertiary/aromatic N) is 2. The lowest BCUT2D eigenvalue weighted by atomic mass is 10.0. The zero-order valence-electron chi connectivity index (χ0n) is 12.5. The van der Waals surface area contributed by atoms with Crippen molar-refractivity contribution in [2.45, 2.75) is 32.4 Å². The van der Waals surface area contributed by atoms with Gasteiger partial charge in [0.15, 0.2) is 0 Å². The first-order chi connectivity index (χ1) is 9.60. The highest BCUT2D eigenvalue weighted by Gasteiger charge is 2.23. The predicted molar refractivity (Wildman–Crippen MR) is 86.9 cm³/mol. The van der Waals surface area contributed by atoms with Crippen molar-refractivity contribution in [3.63, 3.8) is 0 Å². The van der Waals surface area contributed by atoms with Crippen LogP contribution < -0.4 is 0 Å². The number of likely N-dealkylation sites (tertiary alicyclic amines) is 1. The van der Waals surface area contributed by atoms with Gasteiger partial charge < -0.3 is 10.0 Å². The summed E-state index contributed by atoms with van der Waals surface area (Å²) in [5.74, 6) is 0. The van der Waals surface area contributed by atoms with Gasteiger partial charge >= 0.3 is 0 Å². The fraction of sp³-hybridized carbons (Fsp3) is 0.625. The molecule has 1 aliphatic heterocycles. The van der Waals surface area contributed by atoms with Crippen LogP contribution in [0.2, 0.25) is 0 Å². The largest absolute Gasteiger partial charge is 0.395 e. The molecule has 1 aromatic rings. The Morgan fingerprint density at radius 1 is 1.35 bits per heavy atom. The van der Waals surface area contributed by atoms with Crippen molar-refractivity contribution >= 4 is 15.9 Å². The molecule has 0 atom stereocenters. The van der Waals surface area contributed by atoms with Gasteiger partial charge in [0.05, 0.1) is 6.61 Å². The van der Waals surface area contributed by atoms with Gasteiger partial charge in [-0.15, -0.1) is 0 Å². The molecular formula is C16H25BrN2O. The topological polar surface area (TPSA) is 26.7 Å². The van der Waals surface area contributed by atoms with Crippen LogP contribution in [0.5, 0.6) is 0 Å². The second-order valence-electron chi connectivity index (χ2n) is 5.80. The molecule has 0 radical (unpaired) electrons. The minimum absolute atomic E-state index is 0.238. The second-order valence-corrected chi connectivity index (χ2v) is 6.72. The van der Waals surface area contributed by atoms with Crippen molar-refractivity contribution in [1.29, 1.82) is 0 Å². The number of aryl methyl sites for hydroxylation is 1. The molecule has 0 unspecified atom stereocenters. The van der Waals surface area contributed by atoms with Crippen molar-refractivity contribution in [3.8, 4) is 0 Å². The maximum atomic E-state index is 9.35. The third-order valence-corrected chi connectivity index (χ3v) is 4.76. The van der Waals surface area contributed by atoms with E-state index < -0.39 is 0 Å². The van der Waals surface area contributed by atoms with Crippen LogP contribution in [-0.2, 0) is 6.54 Å². The standard InChI is InChI=1S/C16H25BrN2O/c1-13-11-15(17)4-3-14(13)12-19(9-10-20)16-5-7-18(2)8-6-16/h3-4,11,16,20H,5-10,12H2,1-2H3. The van der Waals surface area contributed by atoms with E-state index in [9.17, 15) is 5.11 Å². The predicted octanol–water partition coefficient (Wildman–Crippen LogP) is 2.65. The average Bonchev–Trinajstić information content (AvgIpc) is 2.42. The van der Waals surface area contributed by atoms with Gasteiger partial charge in [-0.1, -0.05) is 22.0 Å². The molecule has 2 rings (SSSR count). The Morgan fingerprint density at radius 2 is 2.05 bits per heavy atom. The summed E-state index contributed by atoms with van der Waals surface area (Å²) in [4.78, 5) is 4.84. The van der Waals surface area contributed by atoms with Crippen LogP contribution in [0.3, 0.4) is 0 Å². The summed E-state index contributed by atoms with van der Waals surface area (Å²) in [7, 11) is 2.19. The molecule has 0 saturated carbocycles. The first-order valence-electron chi connectivity index (χ1n) is 7.38. The van der Waals surface area contributed by atoms with E-state index in [0.29, 0.717) is 6.04 Å². The van der Waals surface area contributed by atoms with Crippen LogP contribution >= 0.6 is 15.9 Å². The summed E-state index contributed by atoms with van der Waals surface area (Å²) >= 11 is 3.52. The smallest absolute Gasteiger partial charge is 0.0558 e. The Bertz CT molecular complexity index is 430. The Balaban J connectivity index is 2.04. The molecule has 1 fully saturated rings. The monoisotopic (exact) mass is 340 g/mol. The molecule has 1 heterocycles. The third-order valence-electron chi connectivity index (χ3n) is 4.27. The number of benzene rings is 1. The normalized spacial score (nSPS) is 17.9. The number of aliphatic hydroxyl groups is 1. The number of rotatable bonds is 5. The molecule has 0 spiro atoms. The van der Waals surface area contributed by atoms with Crippen molar-refractivity contribution in [2.24, 2.45) is 0 Å². The number of hydrogen-bond acceptors (Lipinski definition) is 3. The highest BCUT2D eigenvalue weighted by molar-refractivity contribution is 9.10. The Hall–Kier alpha value is -0.420. The van der Waals surface area contributed by atoms with Gasteiger partial charge in [0.2, 0.25) is 0 Å². The molecule has 0 aromatic heterocycles. The van der Waals surface area contributed by atoms with E-state index in [1.165, 1.54) is 24.0 Å². The summed E-state index contributed by atoms with van der Waals surface area (Å²) in [6.45, 7) is 6.42. The van der Waals surface area contributed by atoms with E-state index in [1.807, 2.05) is 0 Å². The maximum absolute atomic E-state index is 9.35. The molecule has 1 N–H and O–H groups in total. The number of aliphatic hydroxyl groups excluding tert-OH is 1. The fourth-order valence-corrected chi connectivity index (χ4v) is 3.41. The average molecular weight is 341 g/mol. The van der Waals surface area contributed by atoms with Gasteiger partial charge in [-0.3, -0.25) is 4.90 Å².